The topological polar surface area (TPSA) is 86.7 Å². The number of carbonyl (C=O) groups excluding carboxylic acids is 2. The number of ether oxygens (including phenoxy) is 1. The molecule has 5 nitrogen and oxygen atoms in total. The van der Waals surface area contributed by atoms with Crippen LogP contribution >= 0.6 is 0 Å². The molecule has 0 spiro atoms. The summed E-state index contributed by atoms with van der Waals surface area (Å²) in [6.07, 6.45) is 10.2. The third kappa shape index (κ3) is 16.1. The van der Waals surface area contributed by atoms with Gasteiger partial charge in [0.1, 0.15) is 6.10 Å². The Morgan fingerprint density at radius 3 is 1.88 bits per heavy atom. The zero-order valence-corrected chi connectivity index (χ0v) is 16.1. The number of carboxylic acid groups (broad SMARTS) is 1. The highest BCUT2D eigenvalue weighted by Crippen LogP contribution is 2.15. The summed E-state index contributed by atoms with van der Waals surface area (Å²) in [5.74, 6) is -1.72. The average Bonchev–Trinajstić information content (AvgIpc) is 2.53. The molecule has 0 aromatic carbocycles. The number of rotatable bonds is 17. The van der Waals surface area contributed by atoms with Crippen LogP contribution in [0.2, 0.25) is 0 Å². The lowest BCUT2D eigenvalue weighted by Gasteiger charge is -2.19. The Labute approximate surface area is 153 Å². The number of esters is 1. The van der Waals surface area contributed by atoms with Crippen molar-refractivity contribution in [1.29, 1.82) is 0 Å². The zero-order valence-electron chi connectivity index (χ0n) is 16.1. The lowest BCUT2D eigenvalue weighted by atomic mass is 10.1. The zero-order chi connectivity index (χ0) is 18.9. The van der Waals surface area contributed by atoms with E-state index in [1.54, 1.807) is 0 Å². The van der Waals surface area contributed by atoms with E-state index in [-0.39, 0.29) is 12.8 Å². The number of unbranched alkanes of at least 4 members (excludes halogenated alkanes) is 8. The Kier molecular flexibility index (Phi) is 15.7. The summed E-state index contributed by atoms with van der Waals surface area (Å²) in [5, 5.41) is 20.7. The highest BCUT2D eigenvalue weighted by Gasteiger charge is 2.18. The SMILES string of the molecule is CCCCCCCC(O)CC(=O)OC(CCCCCCC)CC(=O)[O-]. The molecule has 25 heavy (non-hydrogen) atoms. The molecule has 0 rings (SSSR count). The fraction of sp³-hybridized carbons (Fsp3) is 0.900. The first-order chi connectivity index (χ1) is 12.0. The maximum absolute atomic E-state index is 11.9. The Morgan fingerprint density at radius 2 is 1.36 bits per heavy atom. The van der Waals surface area contributed by atoms with Crippen LogP contribution in [0.5, 0.6) is 0 Å². The molecule has 0 saturated carbocycles. The molecule has 0 radical (unpaired) electrons. The van der Waals surface area contributed by atoms with Gasteiger partial charge in [0.25, 0.3) is 0 Å². The second-order valence-corrected chi connectivity index (χ2v) is 6.95. The normalized spacial score (nSPS) is 13.4. The van der Waals surface area contributed by atoms with E-state index < -0.39 is 24.1 Å². The first-order valence-electron chi connectivity index (χ1n) is 10.1. The minimum absolute atomic E-state index is 0.0623. The van der Waals surface area contributed by atoms with Crippen molar-refractivity contribution in [2.75, 3.05) is 0 Å². The Balaban J connectivity index is 4.03. The molecule has 0 aromatic heterocycles. The minimum Gasteiger partial charge on any atom is -0.550 e. The molecule has 0 bridgehead atoms. The van der Waals surface area contributed by atoms with Crippen molar-refractivity contribution < 1.29 is 24.5 Å². The third-order valence-electron chi connectivity index (χ3n) is 4.37. The maximum atomic E-state index is 11.9. The van der Waals surface area contributed by atoms with Crippen LogP contribution < -0.4 is 5.11 Å². The van der Waals surface area contributed by atoms with E-state index in [0.29, 0.717) is 12.8 Å². The lowest BCUT2D eigenvalue weighted by Crippen LogP contribution is -2.31. The molecule has 0 fully saturated rings. The van der Waals surface area contributed by atoms with Crippen LogP contribution in [0, 0.1) is 0 Å². The summed E-state index contributed by atoms with van der Waals surface area (Å²) < 4.78 is 5.26. The van der Waals surface area contributed by atoms with Gasteiger partial charge in [-0.15, -0.1) is 0 Å². The van der Waals surface area contributed by atoms with Crippen LogP contribution in [0.1, 0.15) is 104 Å². The largest absolute Gasteiger partial charge is 0.550 e. The summed E-state index contributed by atoms with van der Waals surface area (Å²) in [6, 6.07) is 0. The molecular weight excluding hydrogens is 320 g/mol. The molecule has 148 valence electrons. The van der Waals surface area contributed by atoms with Gasteiger partial charge in [-0.05, 0) is 19.3 Å². The smallest absolute Gasteiger partial charge is 0.308 e. The molecular formula is C20H37O5-. The van der Waals surface area contributed by atoms with Crippen molar-refractivity contribution in [2.24, 2.45) is 0 Å². The fourth-order valence-electron chi connectivity index (χ4n) is 2.88. The number of aliphatic carboxylic acids is 1. The molecule has 2 atom stereocenters. The van der Waals surface area contributed by atoms with Crippen LogP contribution in [0.25, 0.3) is 0 Å². The lowest BCUT2D eigenvalue weighted by molar-refractivity contribution is -0.307. The molecule has 0 aliphatic carbocycles. The Bertz CT molecular complexity index is 343. The highest BCUT2D eigenvalue weighted by molar-refractivity contribution is 5.71. The van der Waals surface area contributed by atoms with E-state index >= 15 is 0 Å². The molecule has 2 unspecified atom stereocenters. The number of aliphatic hydroxyl groups excluding tert-OH is 1. The molecule has 1 N–H and O–H groups in total. The molecule has 0 heterocycles. The van der Waals surface area contributed by atoms with Gasteiger partial charge in [-0.25, -0.2) is 0 Å². The average molecular weight is 358 g/mol. The highest BCUT2D eigenvalue weighted by atomic mass is 16.5. The van der Waals surface area contributed by atoms with Crippen LogP contribution in [-0.2, 0) is 14.3 Å². The second kappa shape index (κ2) is 16.4. The summed E-state index contributed by atoms with van der Waals surface area (Å²) in [7, 11) is 0. The molecule has 0 aliphatic rings. The quantitative estimate of drug-likeness (QED) is 0.318. The van der Waals surface area contributed by atoms with Gasteiger partial charge in [-0.1, -0.05) is 71.6 Å². The van der Waals surface area contributed by atoms with Crippen molar-refractivity contribution in [3.8, 4) is 0 Å². The van der Waals surface area contributed by atoms with E-state index in [9.17, 15) is 19.8 Å². The Hall–Kier alpha value is -1.10. The predicted octanol–water partition coefficient (Wildman–Crippen LogP) is 3.51. The maximum Gasteiger partial charge on any atom is 0.308 e. The fourth-order valence-corrected chi connectivity index (χ4v) is 2.88. The predicted molar refractivity (Wildman–Crippen MR) is 96.9 cm³/mol. The third-order valence-corrected chi connectivity index (χ3v) is 4.37. The molecule has 0 amide bonds. The first kappa shape index (κ1) is 23.9. The van der Waals surface area contributed by atoms with Gasteiger partial charge >= 0.3 is 5.97 Å². The van der Waals surface area contributed by atoms with Gasteiger partial charge < -0.3 is 19.7 Å². The molecule has 5 heteroatoms. The van der Waals surface area contributed by atoms with E-state index in [4.69, 9.17) is 4.74 Å². The van der Waals surface area contributed by atoms with Crippen molar-refractivity contribution in [1.82, 2.24) is 0 Å². The Morgan fingerprint density at radius 1 is 0.840 bits per heavy atom. The van der Waals surface area contributed by atoms with Gasteiger partial charge in [0.05, 0.1) is 12.5 Å². The summed E-state index contributed by atoms with van der Waals surface area (Å²) >= 11 is 0. The minimum atomic E-state index is -1.21. The van der Waals surface area contributed by atoms with Crippen LogP contribution in [0.4, 0.5) is 0 Å². The molecule has 0 saturated heterocycles. The standard InChI is InChI=1S/C20H38O5/c1-3-5-7-9-11-13-17(21)15-20(24)25-18(16-19(22)23)14-12-10-8-6-4-2/h17-18,21H,3-16H2,1-2H3,(H,22,23)/p-1. The van der Waals surface area contributed by atoms with Crippen LogP contribution in [-0.4, -0.2) is 29.3 Å². The van der Waals surface area contributed by atoms with Gasteiger partial charge in [-0.2, -0.15) is 0 Å². The summed E-state index contributed by atoms with van der Waals surface area (Å²) in [5.41, 5.74) is 0. The monoisotopic (exact) mass is 357 g/mol. The van der Waals surface area contributed by atoms with Crippen molar-refractivity contribution in [3.05, 3.63) is 0 Å². The van der Waals surface area contributed by atoms with Crippen molar-refractivity contribution >= 4 is 11.9 Å². The van der Waals surface area contributed by atoms with Crippen molar-refractivity contribution in [3.63, 3.8) is 0 Å². The van der Waals surface area contributed by atoms with Gasteiger partial charge in [0.2, 0.25) is 0 Å². The van der Waals surface area contributed by atoms with Crippen LogP contribution in [0.15, 0.2) is 0 Å². The van der Waals surface area contributed by atoms with E-state index in [1.165, 1.54) is 12.8 Å². The summed E-state index contributed by atoms with van der Waals surface area (Å²) in [6.45, 7) is 4.29. The summed E-state index contributed by atoms with van der Waals surface area (Å²) in [4.78, 5) is 22.7. The van der Waals surface area contributed by atoms with Gasteiger partial charge in [0, 0.05) is 12.4 Å². The molecule has 0 aromatic rings. The van der Waals surface area contributed by atoms with Gasteiger partial charge in [-0.3, -0.25) is 4.79 Å². The van der Waals surface area contributed by atoms with Crippen LogP contribution in [0.3, 0.4) is 0 Å². The number of aliphatic hydroxyl groups is 1. The molecule has 0 aliphatic heterocycles. The van der Waals surface area contributed by atoms with E-state index in [2.05, 4.69) is 13.8 Å². The van der Waals surface area contributed by atoms with E-state index in [0.717, 1.165) is 51.4 Å². The van der Waals surface area contributed by atoms with Gasteiger partial charge in [0.15, 0.2) is 0 Å². The number of carbonyl (C=O) groups is 2. The first-order valence-corrected chi connectivity index (χ1v) is 10.1. The number of hydrogen-bond acceptors (Lipinski definition) is 5. The number of hydrogen-bond donors (Lipinski definition) is 1. The number of carboxylic acids is 1. The van der Waals surface area contributed by atoms with Crippen molar-refractivity contribution in [2.45, 2.75) is 116 Å². The second-order valence-electron chi connectivity index (χ2n) is 6.95. The van der Waals surface area contributed by atoms with E-state index in [1.807, 2.05) is 0 Å².